The first-order valence-electron chi connectivity index (χ1n) is 8.90. The molecular formula is C19H23N3O6. The van der Waals surface area contributed by atoms with E-state index in [0.29, 0.717) is 5.69 Å². The Bertz CT molecular complexity index is 777. The number of ketones is 1. The highest BCUT2D eigenvalue weighted by Gasteiger charge is 2.39. The number of hydrogen-bond donors (Lipinski definition) is 1. The number of amides is 1. The number of esters is 2. The molecule has 0 spiro atoms. The number of carbonyl (C=O) groups excluding carboxylic acids is 4. The zero-order chi connectivity index (χ0) is 20.7. The molecule has 150 valence electrons. The van der Waals surface area contributed by atoms with Crippen LogP contribution in [0.25, 0.3) is 0 Å². The number of nitrogens with zero attached hydrogens (tertiary/aromatic N) is 2. The smallest absolute Gasteiger partial charge is 0.354 e. The highest BCUT2D eigenvalue weighted by atomic mass is 16.6. The molecule has 2 unspecified atom stereocenters. The molecule has 1 heterocycles. The SMILES string of the molecule is CCOC(=O)C1=NN(c2ccccc2)C(C(=O)OC(C)C(=O)NCC(C)=O)C1. The molecule has 28 heavy (non-hydrogen) atoms. The number of ether oxygens (including phenoxy) is 2. The maximum absolute atomic E-state index is 12.7. The van der Waals surface area contributed by atoms with E-state index in [4.69, 9.17) is 9.47 Å². The molecule has 1 aromatic carbocycles. The standard InChI is InChI=1S/C19H23N3O6/c1-4-27-18(25)15-10-16(22(21-15)14-8-6-5-7-9-14)19(26)28-13(3)17(24)20-11-12(2)23/h5-9,13,16H,4,10-11H2,1-3H3,(H,20,24). The fourth-order valence-electron chi connectivity index (χ4n) is 2.51. The van der Waals surface area contributed by atoms with Gasteiger partial charge in [-0.15, -0.1) is 0 Å². The molecule has 1 aliphatic rings. The summed E-state index contributed by atoms with van der Waals surface area (Å²) in [6.45, 7) is 4.46. The first-order chi connectivity index (χ1) is 13.3. The van der Waals surface area contributed by atoms with Crippen molar-refractivity contribution in [2.45, 2.75) is 39.3 Å². The van der Waals surface area contributed by atoms with Gasteiger partial charge in [-0.3, -0.25) is 14.6 Å². The number of hydrazone groups is 1. The maximum atomic E-state index is 12.7. The molecule has 1 aromatic rings. The van der Waals surface area contributed by atoms with Gasteiger partial charge in [0.05, 0.1) is 18.8 Å². The normalized spacial score (nSPS) is 16.8. The molecular weight excluding hydrogens is 366 g/mol. The molecule has 0 saturated heterocycles. The van der Waals surface area contributed by atoms with Crippen LogP contribution in [-0.4, -0.2) is 54.6 Å². The van der Waals surface area contributed by atoms with Crippen LogP contribution in [0.4, 0.5) is 5.69 Å². The molecule has 0 fully saturated rings. The quantitative estimate of drug-likeness (QED) is 0.655. The third kappa shape index (κ3) is 5.38. The molecule has 0 radical (unpaired) electrons. The van der Waals surface area contributed by atoms with Crippen LogP contribution in [0.3, 0.4) is 0 Å². The Hall–Kier alpha value is -3.23. The number of carbonyl (C=O) groups is 4. The van der Waals surface area contributed by atoms with E-state index in [1.54, 1.807) is 31.2 Å². The fraction of sp³-hybridized carbons (Fsp3) is 0.421. The molecule has 1 N–H and O–H groups in total. The van der Waals surface area contributed by atoms with E-state index in [2.05, 4.69) is 10.4 Å². The number of rotatable bonds is 8. The van der Waals surface area contributed by atoms with Crippen molar-refractivity contribution < 1.29 is 28.7 Å². The van der Waals surface area contributed by atoms with E-state index in [-0.39, 0.29) is 31.1 Å². The molecule has 0 aromatic heterocycles. The number of Topliss-reactive ketones (excluding diaryl/α,β-unsaturated/α-hetero) is 1. The van der Waals surface area contributed by atoms with Gasteiger partial charge < -0.3 is 14.8 Å². The number of anilines is 1. The summed E-state index contributed by atoms with van der Waals surface area (Å²) < 4.78 is 10.2. The van der Waals surface area contributed by atoms with Crippen LogP contribution in [0.1, 0.15) is 27.2 Å². The van der Waals surface area contributed by atoms with Crippen molar-refractivity contribution in [3.05, 3.63) is 30.3 Å². The Kier molecular flexibility index (Phi) is 7.25. The van der Waals surface area contributed by atoms with Crippen LogP contribution in [0.2, 0.25) is 0 Å². The molecule has 1 amide bonds. The molecule has 0 bridgehead atoms. The van der Waals surface area contributed by atoms with Crippen LogP contribution in [0.5, 0.6) is 0 Å². The van der Waals surface area contributed by atoms with Crippen molar-refractivity contribution in [3.8, 4) is 0 Å². The number of benzene rings is 1. The van der Waals surface area contributed by atoms with Crippen LogP contribution >= 0.6 is 0 Å². The summed E-state index contributed by atoms with van der Waals surface area (Å²) >= 11 is 0. The van der Waals surface area contributed by atoms with E-state index in [1.807, 2.05) is 6.07 Å². The van der Waals surface area contributed by atoms with Gasteiger partial charge in [0, 0.05) is 6.42 Å². The van der Waals surface area contributed by atoms with E-state index >= 15 is 0 Å². The lowest BCUT2D eigenvalue weighted by atomic mass is 10.1. The topological polar surface area (TPSA) is 114 Å². The molecule has 9 nitrogen and oxygen atoms in total. The summed E-state index contributed by atoms with van der Waals surface area (Å²) in [6.07, 6.45) is -1.11. The van der Waals surface area contributed by atoms with E-state index in [0.717, 1.165) is 0 Å². The van der Waals surface area contributed by atoms with Crippen molar-refractivity contribution in [2.24, 2.45) is 5.10 Å². The van der Waals surface area contributed by atoms with E-state index in [1.165, 1.54) is 18.9 Å². The monoisotopic (exact) mass is 389 g/mol. The van der Waals surface area contributed by atoms with Crippen LogP contribution in [-0.2, 0) is 28.7 Å². The number of para-hydroxylation sites is 1. The largest absolute Gasteiger partial charge is 0.461 e. The highest BCUT2D eigenvalue weighted by molar-refractivity contribution is 6.38. The molecule has 9 heteroatoms. The van der Waals surface area contributed by atoms with Crippen molar-refractivity contribution >= 4 is 35.0 Å². The van der Waals surface area contributed by atoms with Gasteiger partial charge in [0.2, 0.25) is 0 Å². The third-order valence-corrected chi connectivity index (χ3v) is 3.89. The summed E-state index contributed by atoms with van der Waals surface area (Å²) in [5.41, 5.74) is 0.693. The average molecular weight is 389 g/mol. The van der Waals surface area contributed by atoms with Gasteiger partial charge in [0.25, 0.3) is 5.91 Å². The summed E-state index contributed by atoms with van der Waals surface area (Å²) in [5.74, 6) is -2.12. The molecule has 2 rings (SSSR count). The Labute approximate surface area is 162 Å². The first-order valence-corrected chi connectivity index (χ1v) is 8.90. The molecule has 2 atom stereocenters. The van der Waals surface area contributed by atoms with Crippen LogP contribution in [0.15, 0.2) is 35.4 Å². The molecule has 0 aliphatic carbocycles. The van der Waals surface area contributed by atoms with Gasteiger partial charge in [-0.05, 0) is 32.9 Å². The van der Waals surface area contributed by atoms with Gasteiger partial charge in [-0.25, -0.2) is 9.59 Å². The number of hydrogen-bond acceptors (Lipinski definition) is 8. The first kappa shape index (κ1) is 21.1. The second-order valence-electron chi connectivity index (χ2n) is 6.17. The summed E-state index contributed by atoms with van der Waals surface area (Å²) in [7, 11) is 0. The van der Waals surface area contributed by atoms with E-state index < -0.39 is 30.0 Å². The third-order valence-electron chi connectivity index (χ3n) is 3.89. The van der Waals surface area contributed by atoms with Gasteiger partial charge in [-0.1, -0.05) is 18.2 Å². The fourth-order valence-corrected chi connectivity index (χ4v) is 2.51. The highest BCUT2D eigenvalue weighted by Crippen LogP contribution is 2.26. The van der Waals surface area contributed by atoms with Crippen molar-refractivity contribution in [1.29, 1.82) is 0 Å². The average Bonchev–Trinajstić information content (AvgIpc) is 3.12. The van der Waals surface area contributed by atoms with Crippen LogP contribution in [0, 0.1) is 0 Å². The second kappa shape index (κ2) is 9.63. The second-order valence-corrected chi connectivity index (χ2v) is 6.17. The lowest BCUT2D eigenvalue weighted by Gasteiger charge is -2.23. The van der Waals surface area contributed by atoms with Crippen molar-refractivity contribution in [3.63, 3.8) is 0 Å². The zero-order valence-corrected chi connectivity index (χ0v) is 16.0. The minimum atomic E-state index is -1.10. The van der Waals surface area contributed by atoms with Gasteiger partial charge in [0.1, 0.15) is 11.5 Å². The van der Waals surface area contributed by atoms with Crippen LogP contribution < -0.4 is 10.3 Å². The van der Waals surface area contributed by atoms with Crippen molar-refractivity contribution in [1.82, 2.24) is 5.32 Å². The van der Waals surface area contributed by atoms with E-state index in [9.17, 15) is 19.2 Å². The Morgan fingerprint density at radius 1 is 1.25 bits per heavy atom. The minimum Gasteiger partial charge on any atom is -0.461 e. The minimum absolute atomic E-state index is 0.00561. The predicted molar refractivity (Wildman–Crippen MR) is 101 cm³/mol. The Balaban J connectivity index is 2.13. The Morgan fingerprint density at radius 2 is 1.93 bits per heavy atom. The van der Waals surface area contributed by atoms with Gasteiger partial charge >= 0.3 is 11.9 Å². The lowest BCUT2D eigenvalue weighted by molar-refractivity contribution is -0.155. The summed E-state index contributed by atoms with van der Waals surface area (Å²) in [4.78, 5) is 47.6. The summed E-state index contributed by atoms with van der Waals surface area (Å²) in [6, 6.07) is 7.91. The predicted octanol–water partition coefficient (Wildman–Crippen LogP) is 0.821. The van der Waals surface area contributed by atoms with Gasteiger partial charge in [-0.2, -0.15) is 5.10 Å². The molecule has 1 aliphatic heterocycles. The molecule has 0 saturated carbocycles. The Morgan fingerprint density at radius 3 is 2.54 bits per heavy atom. The lowest BCUT2D eigenvalue weighted by Crippen LogP contribution is -2.42. The summed E-state index contributed by atoms with van der Waals surface area (Å²) in [5, 5.41) is 7.99. The zero-order valence-electron chi connectivity index (χ0n) is 16.0. The maximum Gasteiger partial charge on any atom is 0.354 e. The van der Waals surface area contributed by atoms with Gasteiger partial charge in [0.15, 0.2) is 12.1 Å². The van der Waals surface area contributed by atoms with Crippen molar-refractivity contribution in [2.75, 3.05) is 18.2 Å². The number of nitrogens with one attached hydrogen (secondary N) is 1.